The Balaban J connectivity index is 2.49. The van der Waals surface area contributed by atoms with E-state index in [4.69, 9.17) is 0 Å². The van der Waals surface area contributed by atoms with Crippen LogP contribution in [0.4, 0.5) is 0 Å². The fourth-order valence-electron chi connectivity index (χ4n) is 1.77. The van der Waals surface area contributed by atoms with Gasteiger partial charge in [-0.3, -0.25) is 0 Å². The van der Waals surface area contributed by atoms with E-state index in [1.807, 2.05) is 26.0 Å². The number of hydrogen-bond donors (Lipinski definition) is 2. The Kier molecular flexibility index (Phi) is 1.27. The third-order valence-electron chi connectivity index (χ3n) is 2.32. The van der Waals surface area contributed by atoms with Crippen LogP contribution in [-0.2, 0) is 0 Å². The molecule has 0 saturated heterocycles. The van der Waals surface area contributed by atoms with Crippen molar-refractivity contribution < 1.29 is 0 Å². The molecule has 0 aliphatic heterocycles. The lowest BCUT2D eigenvalue weighted by molar-refractivity contribution is 1.16. The number of nitrogens with one attached hydrogen (secondary N) is 2. The van der Waals surface area contributed by atoms with Crippen molar-refractivity contribution >= 4 is 22.1 Å². The normalized spacial score (nSPS) is 11.6. The third-order valence-corrected chi connectivity index (χ3v) is 2.32. The van der Waals surface area contributed by atoms with Gasteiger partial charge in [0.15, 0.2) is 0 Å². The molecule has 2 N–H and O–H groups in total. The summed E-state index contributed by atoms with van der Waals surface area (Å²) in [4.78, 5) is 15.1. The van der Waals surface area contributed by atoms with Crippen LogP contribution in [0, 0.1) is 13.8 Å². The molecular formula is C10H10N4. The highest BCUT2D eigenvalue weighted by molar-refractivity contribution is 5.91. The zero-order valence-electron chi connectivity index (χ0n) is 8.05. The van der Waals surface area contributed by atoms with E-state index < -0.39 is 0 Å². The number of nitrogens with zero attached hydrogens (tertiary/aromatic N) is 2. The minimum atomic E-state index is 0.935. The molecule has 2 aromatic heterocycles. The molecule has 70 valence electrons. The first kappa shape index (κ1) is 7.55. The number of imidazole rings is 2. The molecule has 1 aromatic carbocycles. The highest BCUT2D eigenvalue weighted by atomic mass is 14.9. The maximum Gasteiger partial charge on any atom is 0.104 e. The van der Waals surface area contributed by atoms with Gasteiger partial charge in [-0.25, -0.2) is 9.97 Å². The first-order valence-corrected chi connectivity index (χ1v) is 4.55. The van der Waals surface area contributed by atoms with Crippen LogP contribution in [0.3, 0.4) is 0 Å². The predicted molar refractivity (Wildman–Crippen MR) is 55.2 cm³/mol. The predicted octanol–water partition coefficient (Wildman–Crippen LogP) is 2.06. The van der Waals surface area contributed by atoms with Gasteiger partial charge in [0, 0.05) is 0 Å². The second-order valence-corrected chi connectivity index (χ2v) is 3.53. The smallest absolute Gasteiger partial charge is 0.104 e. The van der Waals surface area contributed by atoms with Crippen LogP contribution in [0.1, 0.15) is 11.6 Å². The first-order valence-electron chi connectivity index (χ1n) is 4.55. The molecule has 2 heterocycles. The summed E-state index contributed by atoms with van der Waals surface area (Å²) in [5.41, 5.74) is 4.06. The molecule has 0 saturated carbocycles. The molecule has 0 amide bonds. The van der Waals surface area contributed by atoms with Gasteiger partial charge in [0.25, 0.3) is 0 Å². The summed E-state index contributed by atoms with van der Waals surface area (Å²) in [6.45, 7) is 3.90. The Morgan fingerprint density at radius 3 is 1.86 bits per heavy atom. The van der Waals surface area contributed by atoms with Crippen LogP contribution in [0.25, 0.3) is 22.1 Å². The number of rotatable bonds is 0. The molecule has 0 bridgehead atoms. The Labute approximate surface area is 80.4 Å². The van der Waals surface area contributed by atoms with Crippen molar-refractivity contribution in [2.24, 2.45) is 0 Å². The molecule has 0 fully saturated rings. The largest absolute Gasteiger partial charge is 0.342 e. The number of H-pyrrole nitrogens is 2. The van der Waals surface area contributed by atoms with E-state index in [9.17, 15) is 0 Å². The molecule has 3 rings (SSSR count). The average molecular weight is 186 g/mol. The van der Waals surface area contributed by atoms with Gasteiger partial charge >= 0.3 is 0 Å². The zero-order valence-corrected chi connectivity index (χ0v) is 8.05. The lowest BCUT2D eigenvalue weighted by atomic mass is 10.3. The SMILES string of the molecule is Cc1nc2cc3nc(C)[nH]c3cc2[nH]1. The number of hydrogen-bond acceptors (Lipinski definition) is 2. The average Bonchev–Trinajstić information content (AvgIpc) is 2.59. The molecule has 0 atom stereocenters. The van der Waals surface area contributed by atoms with Crippen molar-refractivity contribution in [3.63, 3.8) is 0 Å². The van der Waals surface area contributed by atoms with E-state index in [1.54, 1.807) is 0 Å². The Morgan fingerprint density at radius 2 is 1.36 bits per heavy atom. The summed E-state index contributed by atoms with van der Waals surface area (Å²) < 4.78 is 0. The molecule has 0 aliphatic carbocycles. The monoisotopic (exact) mass is 186 g/mol. The molecule has 0 spiro atoms. The summed E-state index contributed by atoms with van der Waals surface area (Å²) in [7, 11) is 0. The summed E-state index contributed by atoms with van der Waals surface area (Å²) >= 11 is 0. The number of aryl methyl sites for hydroxylation is 2. The number of aromatic nitrogens is 4. The van der Waals surface area contributed by atoms with Crippen molar-refractivity contribution in [2.45, 2.75) is 13.8 Å². The fourth-order valence-corrected chi connectivity index (χ4v) is 1.77. The van der Waals surface area contributed by atoms with Crippen LogP contribution in [0.5, 0.6) is 0 Å². The Morgan fingerprint density at radius 1 is 0.857 bits per heavy atom. The molecule has 4 nitrogen and oxygen atoms in total. The molecule has 0 radical (unpaired) electrons. The highest BCUT2D eigenvalue weighted by Gasteiger charge is 2.04. The lowest BCUT2D eigenvalue weighted by Gasteiger charge is -1.87. The second-order valence-electron chi connectivity index (χ2n) is 3.53. The fraction of sp³-hybridized carbons (Fsp3) is 0.200. The summed E-state index contributed by atoms with van der Waals surface area (Å²) in [6.07, 6.45) is 0. The van der Waals surface area contributed by atoms with Crippen LogP contribution < -0.4 is 0 Å². The van der Waals surface area contributed by atoms with Crippen LogP contribution in [0.2, 0.25) is 0 Å². The topological polar surface area (TPSA) is 57.4 Å². The van der Waals surface area contributed by atoms with Gasteiger partial charge in [-0.05, 0) is 26.0 Å². The van der Waals surface area contributed by atoms with Gasteiger partial charge < -0.3 is 9.97 Å². The number of fused-ring (bicyclic) bond motifs is 2. The maximum absolute atomic E-state index is 4.36. The second kappa shape index (κ2) is 2.35. The lowest BCUT2D eigenvalue weighted by Crippen LogP contribution is -1.71. The van der Waals surface area contributed by atoms with Gasteiger partial charge in [-0.15, -0.1) is 0 Å². The summed E-state index contributed by atoms with van der Waals surface area (Å²) in [5, 5.41) is 0. The van der Waals surface area contributed by atoms with Gasteiger partial charge in [-0.1, -0.05) is 0 Å². The van der Waals surface area contributed by atoms with Gasteiger partial charge in [0.1, 0.15) is 11.6 Å². The standard InChI is InChI=1S/C10H10N4/c1-5-11-7-3-9-10(4-8(7)12-5)14-6(2)13-9/h3-4H,1-2H3,(H,11,12)(H,13,14). The van der Waals surface area contributed by atoms with Crippen LogP contribution in [0.15, 0.2) is 12.1 Å². The molecule has 4 heteroatoms. The van der Waals surface area contributed by atoms with Crippen LogP contribution >= 0.6 is 0 Å². The number of aromatic amines is 2. The van der Waals surface area contributed by atoms with E-state index in [2.05, 4.69) is 19.9 Å². The van der Waals surface area contributed by atoms with E-state index in [0.29, 0.717) is 0 Å². The van der Waals surface area contributed by atoms with Crippen molar-refractivity contribution in [1.82, 2.24) is 19.9 Å². The zero-order chi connectivity index (χ0) is 9.71. The van der Waals surface area contributed by atoms with Crippen molar-refractivity contribution in [2.75, 3.05) is 0 Å². The molecule has 0 unspecified atom stereocenters. The summed E-state index contributed by atoms with van der Waals surface area (Å²) in [5.74, 6) is 1.87. The quantitative estimate of drug-likeness (QED) is 0.564. The van der Waals surface area contributed by atoms with E-state index in [-0.39, 0.29) is 0 Å². The molecule has 14 heavy (non-hydrogen) atoms. The van der Waals surface area contributed by atoms with E-state index in [1.165, 1.54) is 0 Å². The van der Waals surface area contributed by atoms with Crippen molar-refractivity contribution in [1.29, 1.82) is 0 Å². The van der Waals surface area contributed by atoms with Gasteiger partial charge in [-0.2, -0.15) is 0 Å². The molecular weight excluding hydrogens is 176 g/mol. The van der Waals surface area contributed by atoms with E-state index in [0.717, 1.165) is 33.7 Å². The van der Waals surface area contributed by atoms with Gasteiger partial charge in [0.05, 0.1) is 22.1 Å². The third kappa shape index (κ3) is 0.937. The maximum atomic E-state index is 4.36. The van der Waals surface area contributed by atoms with Crippen LogP contribution in [-0.4, -0.2) is 19.9 Å². The minimum absolute atomic E-state index is 0.935. The summed E-state index contributed by atoms with van der Waals surface area (Å²) in [6, 6.07) is 4.04. The highest BCUT2D eigenvalue weighted by Crippen LogP contribution is 2.19. The minimum Gasteiger partial charge on any atom is -0.342 e. The Hall–Kier alpha value is -1.84. The number of benzene rings is 1. The van der Waals surface area contributed by atoms with Crippen molar-refractivity contribution in [3.8, 4) is 0 Å². The molecule has 3 aromatic rings. The Bertz CT molecular complexity index is 515. The first-order chi connectivity index (χ1) is 6.72. The van der Waals surface area contributed by atoms with Crippen molar-refractivity contribution in [3.05, 3.63) is 23.8 Å². The molecule has 0 aliphatic rings. The van der Waals surface area contributed by atoms with Gasteiger partial charge in [0.2, 0.25) is 0 Å². The van der Waals surface area contributed by atoms with E-state index >= 15 is 0 Å².